The van der Waals surface area contributed by atoms with Crippen molar-refractivity contribution in [2.75, 3.05) is 27.7 Å². The fraction of sp³-hybridized carbons (Fsp3) is 0.429. The molecule has 1 atom stereocenters. The first-order valence-electron chi connectivity index (χ1n) is 6.23. The third-order valence-corrected chi connectivity index (χ3v) is 2.84. The molecule has 19 heavy (non-hydrogen) atoms. The highest BCUT2D eigenvalue weighted by Crippen LogP contribution is 2.07. The number of likely N-dealkylation sites (N-methyl/N-ethyl adjacent to an activating group) is 1. The molecule has 0 bridgehead atoms. The first-order chi connectivity index (χ1) is 8.95. The second-order valence-electron chi connectivity index (χ2n) is 4.68. The summed E-state index contributed by atoms with van der Waals surface area (Å²) in [6.45, 7) is 2.52. The predicted molar refractivity (Wildman–Crippen MR) is 75.3 cm³/mol. The van der Waals surface area contributed by atoms with Crippen molar-refractivity contribution in [3.8, 4) is 0 Å². The summed E-state index contributed by atoms with van der Waals surface area (Å²) in [5, 5.41) is 5.86. The number of nitrogens with zero attached hydrogens (tertiary/aromatic N) is 1. The van der Waals surface area contributed by atoms with Crippen LogP contribution < -0.4 is 10.6 Å². The summed E-state index contributed by atoms with van der Waals surface area (Å²) < 4.78 is 0. The van der Waals surface area contributed by atoms with Crippen LogP contribution in [0.5, 0.6) is 0 Å². The molecule has 2 amide bonds. The Hall–Kier alpha value is -1.88. The molecule has 0 spiro atoms. The van der Waals surface area contributed by atoms with E-state index in [1.165, 1.54) is 4.90 Å². The number of benzene rings is 1. The fourth-order valence-corrected chi connectivity index (χ4v) is 1.50. The van der Waals surface area contributed by atoms with Crippen molar-refractivity contribution in [2.24, 2.45) is 0 Å². The molecule has 0 radical (unpaired) electrons. The van der Waals surface area contributed by atoms with Crippen molar-refractivity contribution in [3.63, 3.8) is 0 Å². The number of nitrogens with one attached hydrogen (secondary N) is 2. The van der Waals surface area contributed by atoms with Crippen molar-refractivity contribution < 1.29 is 9.59 Å². The maximum absolute atomic E-state index is 11.9. The number of hydrogen-bond acceptors (Lipinski definition) is 3. The summed E-state index contributed by atoms with van der Waals surface area (Å²) in [7, 11) is 5.21. The molecule has 0 fully saturated rings. The first kappa shape index (κ1) is 15.2. The molecule has 0 aliphatic rings. The standard InChI is InChI=1S/C14H21N3O2/c1-10(15-2)9-16-13(18)11-6-5-7-12(8-11)14(19)17(3)4/h5-8,10,15H,9H2,1-4H3,(H,16,18). The molecule has 0 saturated carbocycles. The van der Waals surface area contributed by atoms with Gasteiger partial charge in [0.25, 0.3) is 11.8 Å². The van der Waals surface area contributed by atoms with Gasteiger partial charge in [0, 0.05) is 37.8 Å². The van der Waals surface area contributed by atoms with Gasteiger partial charge < -0.3 is 15.5 Å². The topological polar surface area (TPSA) is 61.4 Å². The predicted octanol–water partition coefficient (Wildman–Crippen LogP) is 0.726. The maximum atomic E-state index is 11.9. The van der Waals surface area contributed by atoms with Crippen molar-refractivity contribution in [3.05, 3.63) is 35.4 Å². The van der Waals surface area contributed by atoms with Gasteiger partial charge in [-0.3, -0.25) is 9.59 Å². The minimum atomic E-state index is -0.171. The van der Waals surface area contributed by atoms with E-state index >= 15 is 0 Å². The lowest BCUT2D eigenvalue weighted by atomic mass is 10.1. The Labute approximate surface area is 114 Å². The van der Waals surface area contributed by atoms with Crippen LogP contribution in [0.1, 0.15) is 27.6 Å². The maximum Gasteiger partial charge on any atom is 0.253 e. The smallest absolute Gasteiger partial charge is 0.253 e. The van der Waals surface area contributed by atoms with Crippen LogP contribution in [0.4, 0.5) is 0 Å². The third-order valence-electron chi connectivity index (χ3n) is 2.84. The van der Waals surface area contributed by atoms with Crippen LogP contribution in [0.25, 0.3) is 0 Å². The van der Waals surface area contributed by atoms with Crippen LogP contribution in [0.3, 0.4) is 0 Å². The molecule has 1 rings (SSSR count). The average molecular weight is 263 g/mol. The molecule has 2 N–H and O–H groups in total. The monoisotopic (exact) mass is 263 g/mol. The zero-order valence-corrected chi connectivity index (χ0v) is 11.9. The van der Waals surface area contributed by atoms with E-state index < -0.39 is 0 Å². The Morgan fingerprint density at radius 3 is 2.47 bits per heavy atom. The summed E-state index contributed by atoms with van der Waals surface area (Å²) in [6.07, 6.45) is 0. The SMILES string of the molecule is CNC(C)CNC(=O)c1cccc(C(=O)N(C)C)c1. The highest BCUT2D eigenvalue weighted by atomic mass is 16.2. The van der Waals surface area contributed by atoms with Gasteiger partial charge >= 0.3 is 0 Å². The third kappa shape index (κ3) is 4.37. The first-order valence-corrected chi connectivity index (χ1v) is 6.23. The van der Waals surface area contributed by atoms with Crippen LogP contribution in [0.2, 0.25) is 0 Å². The molecule has 0 aliphatic carbocycles. The number of rotatable bonds is 5. The van der Waals surface area contributed by atoms with Gasteiger partial charge in [0.2, 0.25) is 0 Å². The molecule has 0 saturated heterocycles. The molecule has 5 nitrogen and oxygen atoms in total. The normalized spacial score (nSPS) is 11.8. The number of amides is 2. The Balaban J connectivity index is 2.76. The van der Waals surface area contributed by atoms with Gasteiger partial charge in [0.15, 0.2) is 0 Å². The van der Waals surface area contributed by atoms with E-state index in [0.717, 1.165) is 0 Å². The van der Waals surface area contributed by atoms with Gasteiger partial charge in [0.05, 0.1) is 0 Å². The lowest BCUT2D eigenvalue weighted by molar-refractivity contribution is 0.0827. The van der Waals surface area contributed by atoms with E-state index in [-0.39, 0.29) is 17.9 Å². The average Bonchev–Trinajstić information content (AvgIpc) is 2.43. The number of hydrogen-bond donors (Lipinski definition) is 2. The van der Waals surface area contributed by atoms with Crippen molar-refractivity contribution in [1.82, 2.24) is 15.5 Å². The molecule has 1 aromatic carbocycles. The van der Waals surface area contributed by atoms with Crippen molar-refractivity contribution >= 4 is 11.8 Å². The second-order valence-corrected chi connectivity index (χ2v) is 4.68. The van der Waals surface area contributed by atoms with E-state index in [9.17, 15) is 9.59 Å². The van der Waals surface area contributed by atoms with E-state index in [1.807, 2.05) is 14.0 Å². The molecule has 0 heterocycles. The van der Waals surface area contributed by atoms with Gasteiger partial charge in [-0.1, -0.05) is 6.07 Å². The van der Waals surface area contributed by atoms with Crippen LogP contribution in [-0.4, -0.2) is 50.4 Å². The van der Waals surface area contributed by atoms with Crippen LogP contribution in [-0.2, 0) is 0 Å². The summed E-state index contributed by atoms with van der Waals surface area (Å²) in [6, 6.07) is 6.94. The molecule has 104 valence electrons. The minimum absolute atomic E-state index is 0.113. The second kappa shape index (κ2) is 6.89. The van der Waals surface area contributed by atoms with E-state index in [4.69, 9.17) is 0 Å². The van der Waals surface area contributed by atoms with Crippen molar-refractivity contribution in [1.29, 1.82) is 0 Å². The fourth-order valence-electron chi connectivity index (χ4n) is 1.50. The highest BCUT2D eigenvalue weighted by Gasteiger charge is 2.12. The van der Waals surface area contributed by atoms with Crippen molar-refractivity contribution in [2.45, 2.75) is 13.0 Å². The van der Waals surface area contributed by atoms with Gasteiger partial charge in [-0.05, 0) is 32.2 Å². The Kier molecular flexibility index (Phi) is 5.51. The van der Waals surface area contributed by atoms with Gasteiger partial charge in [0.1, 0.15) is 0 Å². The van der Waals surface area contributed by atoms with E-state index in [0.29, 0.717) is 17.7 Å². The Morgan fingerprint density at radius 1 is 1.26 bits per heavy atom. The minimum Gasteiger partial charge on any atom is -0.350 e. The molecule has 0 aromatic heterocycles. The zero-order valence-electron chi connectivity index (χ0n) is 11.9. The molecular formula is C14H21N3O2. The van der Waals surface area contributed by atoms with E-state index in [1.54, 1.807) is 38.4 Å². The molecule has 1 unspecified atom stereocenters. The van der Waals surface area contributed by atoms with Gasteiger partial charge in [-0.2, -0.15) is 0 Å². The molecule has 1 aromatic rings. The quantitative estimate of drug-likeness (QED) is 0.823. The lowest BCUT2D eigenvalue weighted by Gasteiger charge is -2.13. The number of carbonyl (C=O) groups is 2. The summed E-state index contributed by atoms with van der Waals surface area (Å²) in [4.78, 5) is 25.2. The largest absolute Gasteiger partial charge is 0.350 e. The van der Waals surface area contributed by atoms with E-state index in [2.05, 4.69) is 10.6 Å². The summed E-state index contributed by atoms with van der Waals surface area (Å²) >= 11 is 0. The Morgan fingerprint density at radius 2 is 1.89 bits per heavy atom. The van der Waals surface area contributed by atoms with Crippen LogP contribution in [0.15, 0.2) is 24.3 Å². The van der Waals surface area contributed by atoms with Gasteiger partial charge in [-0.15, -0.1) is 0 Å². The molecular weight excluding hydrogens is 242 g/mol. The lowest BCUT2D eigenvalue weighted by Crippen LogP contribution is -2.37. The Bertz CT molecular complexity index is 458. The molecule has 0 aliphatic heterocycles. The van der Waals surface area contributed by atoms with Crippen LogP contribution >= 0.6 is 0 Å². The highest BCUT2D eigenvalue weighted by molar-refractivity contribution is 5.99. The number of carbonyl (C=O) groups excluding carboxylic acids is 2. The summed E-state index contributed by atoms with van der Waals surface area (Å²) in [5.74, 6) is -0.284. The van der Waals surface area contributed by atoms with Crippen LogP contribution in [0, 0.1) is 0 Å². The van der Waals surface area contributed by atoms with Gasteiger partial charge in [-0.25, -0.2) is 0 Å². The molecule has 5 heteroatoms. The zero-order chi connectivity index (χ0) is 14.4. The summed E-state index contributed by atoms with van der Waals surface area (Å²) in [5.41, 5.74) is 1.01.